The third kappa shape index (κ3) is 6.41. The summed E-state index contributed by atoms with van der Waals surface area (Å²) in [6, 6.07) is 0.430. The van der Waals surface area contributed by atoms with Crippen molar-refractivity contribution in [2.75, 3.05) is 38.5 Å². The Balaban J connectivity index is 1.18. The van der Waals surface area contributed by atoms with Crippen molar-refractivity contribution in [2.24, 2.45) is 17.6 Å². The third-order valence-corrected chi connectivity index (χ3v) is 10.1. The number of ether oxygens (including phenoxy) is 1. The van der Waals surface area contributed by atoms with Gasteiger partial charge in [-0.1, -0.05) is 0 Å². The normalized spacial score (nSPS) is 31.2. The Morgan fingerprint density at radius 3 is 2.00 bits per heavy atom. The van der Waals surface area contributed by atoms with E-state index in [1.807, 2.05) is 30.0 Å². The van der Waals surface area contributed by atoms with Crippen LogP contribution in [0.2, 0.25) is 0 Å². The summed E-state index contributed by atoms with van der Waals surface area (Å²) in [5.41, 5.74) is 5.68. The lowest BCUT2D eigenvalue weighted by atomic mass is 9.93. The average molecular weight is 485 g/mol. The standard InChI is InChI=1S/C24H44N4O4S/c1-24(2,3)32-23(29)27-12-8-18(9-13-27)16-26-10-6-19(7-11-26)17-33(30,31)28-21-4-5-22(28)15-20(25)14-21/h18-22H,4-17,25H2,1-3H3. The first-order chi connectivity index (χ1) is 15.5. The fourth-order valence-electron chi connectivity index (χ4n) is 6.34. The fraction of sp³-hybridized carbons (Fsp3) is 0.958. The van der Waals surface area contributed by atoms with Crippen molar-refractivity contribution in [2.45, 2.75) is 95.9 Å². The van der Waals surface area contributed by atoms with Crippen LogP contribution in [0.5, 0.6) is 0 Å². The van der Waals surface area contributed by atoms with Crippen molar-refractivity contribution in [1.82, 2.24) is 14.1 Å². The van der Waals surface area contributed by atoms with Gasteiger partial charge in [-0.15, -0.1) is 0 Å². The summed E-state index contributed by atoms with van der Waals surface area (Å²) in [6.45, 7) is 10.2. The van der Waals surface area contributed by atoms with E-state index in [-0.39, 0.29) is 30.1 Å². The first kappa shape index (κ1) is 25.2. The number of rotatable bonds is 5. The molecule has 4 saturated heterocycles. The molecule has 2 unspecified atom stereocenters. The summed E-state index contributed by atoms with van der Waals surface area (Å²) in [5.74, 6) is 1.16. The molecule has 4 heterocycles. The van der Waals surface area contributed by atoms with E-state index in [4.69, 9.17) is 10.5 Å². The highest BCUT2D eigenvalue weighted by Crippen LogP contribution is 2.38. The van der Waals surface area contributed by atoms with Crippen LogP contribution >= 0.6 is 0 Å². The maximum Gasteiger partial charge on any atom is 0.410 e. The van der Waals surface area contributed by atoms with Crippen molar-refractivity contribution < 1.29 is 17.9 Å². The summed E-state index contributed by atoms with van der Waals surface area (Å²) >= 11 is 0. The molecule has 0 saturated carbocycles. The fourth-order valence-corrected chi connectivity index (χ4v) is 8.73. The molecule has 0 aromatic carbocycles. The van der Waals surface area contributed by atoms with Gasteiger partial charge in [-0.2, -0.15) is 4.31 Å². The van der Waals surface area contributed by atoms with Crippen LogP contribution < -0.4 is 5.73 Å². The lowest BCUT2D eigenvalue weighted by Gasteiger charge is -2.39. The number of sulfonamides is 1. The van der Waals surface area contributed by atoms with Crippen LogP contribution in [0.4, 0.5) is 4.79 Å². The van der Waals surface area contributed by atoms with Gasteiger partial charge >= 0.3 is 6.09 Å². The maximum absolute atomic E-state index is 13.2. The molecule has 0 aromatic heterocycles. The van der Waals surface area contributed by atoms with Crippen LogP contribution in [-0.2, 0) is 14.8 Å². The molecule has 0 spiro atoms. The number of carbonyl (C=O) groups is 1. The van der Waals surface area contributed by atoms with Gasteiger partial charge in [0.25, 0.3) is 0 Å². The molecule has 33 heavy (non-hydrogen) atoms. The molecule has 0 aromatic rings. The van der Waals surface area contributed by atoms with E-state index in [2.05, 4.69) is 4.90 Å². The van der Waals surface area contributed by atoms with Crippen LogP contribution in [0.3, 0.4) is 0 Å². The molecule has 4 aliphatic heterocycles. The van der Waals surface area contributed by atoms with Gasteiger partial charge in [0.15, 0.2) is 0 Å². The third-order valence-electron chi connectivity index (χ3n) is 7.96. The number of hydrogen-bond acceptors (Lipinski definition) is 6. The highest BCUT2D eigenvalue weighted by atomic mass is 32.2. The molecule has 2 bridgehead atoms. The number of hydrogen-bond donors (Lipinski definition) is 1. The number of piperidine rings is 3. The van der Waals surface area contributed by atoms with Crippen LogP contribution in [0, 0.1) is 11.8 Å². The van der Waals surface area contributed by atoms with Gasteiger partial charge in [0.1, 0.15) is 5.60 Å². The second kappa shape index (κ2) is 9.99. The largest absolute Gasteiger partial charge is 0.444 e. The van der Waals surface area contributed by atoms with E-state index in [1.165, 1.54) is 0 Å². The van der Waals surface area contributed by atoms with Crippen LogP contribution in [-0.4, -0.2) is 90.8 Å². The Morgan fingerprint density at radius 1 is 0.909 bits per heavy atom. The predicted octanol–water partition coefficient (Wildman–Crippen LogP) is 2.63. The molecule has 2 N–H and O–H groups in total. The summed E-state index contributed by atoms with van der Waals surface area (Å²) in [4.78, 5) is 16.6. The molecule has 1 amide bonds. The Morgan fingerprint density at radius 2 is 1.45 bits per heavy atom. The molecule has 0 aliphatic carbocycles. The van der Waals surface area contributed by atoms with E-state index >= 15 is 0 Å². The quantitative estimate of drug-likeness (QED) is 0.644. The van der Waals surface area contributed by atoms with Crippen LogP contribution in [0.15, 0.2) is 0 Å². The zero-order chi connectivity index (χ0) is 23.8. The topological polar surface area (TPSA) is 96.2 Å². The molecule has 4 rings (SSSR count). The van der Waals surface area contributed by atoms with Gasteiger partial charge in [-0.3, -0.25) is 0 Å². The average Bonchev–Trinajstić information content (AvgIpc) is 3.01. The summed E-state index contributed by atoms with van der Waals surface area (Å²) in [6.07, 6.45) is 7.32. The molecule has 9 heteroatoms. The highest BCUT2D eigenvalue weighted by molar-refractivity contribution is 7.89. The van der Waals surface area contributed by atoms with Crippen molar-refractivity contribution in [3.05, 3.63) is 0 Å². The highest BCUT2D eigenvalue weighted by Gasteiger charge is 2.46. The number of likely N-dealkylation sites (tertiary alicyclic amines) is 2. The van der Waals surface area contributed by atoms with Gasteiger partial charge in [0.05, 0.1) is 5.75 Å². The van der Waals surface area contributed by atoms with Crippen molar-refractivity contribution in [3.8, 4) is 0 Å². The minimum Gasteiger partial charge on any atom is -0.444 e. The monoisotopic (exact) mass is 484 g/mol. The first-order valence-corrected chi connectivity index (χ1v) is 14.6. The molecular weight excluding hydrogens is 440 g/mol. The molecule has 8 nitrogen and oxygen atoms in total. The van der Waals surface area contributed by atoms with Crippen LogP contribution in [0.25, 0.3) is 0 Å². The summed E-state index contributed by atoms with van der Waals surface area (Å²) < 4.78 is 33.8. The molecule has 190 valence electrons. The molecular formula is C24H44N4O4S. The Labute approximate surface area is 200 Å². The minimum atomic E-state index is -3.20. The van der Waals surface area contributed by atoms with Crippen LogP contribution in [0.1, 0.15) is 72.1 Å². The second-order valence-electron chi connectivity index (χ2n) is 11.9. The van der Waals surface area contributed by atoms with E-state index in [1.54, 1.807) is 0 Å². The van der Waals surface area contributed by atoms with Crippen molar-refractivity contribution in [1.29, 1.82) is 0 Å². The van der Waals surface area contributed by atoms with E-state index in [0.717, 1.165) is 84.1 Å². The Hall–Kier alpha value is -0.900. The zero-order valence-electron chi connectivity index (χ0n) is 20.7. The lowest BCUT2D eigenvalue weighted by Crippen LogP contribution is -2.51. The summed E-state index contributed by atoms with van der Waals surface area (Å²) in [5, 5.41) is 0. The van der Waals surface area contributed by atoms with E-state index in [9.17, 15) is 13.2 Å². The zero-order valence-corrected chi connectivity index (χ0v) is 21.6. The Bertz CT molecular complexity index is 769. The number of amides is 1. The van der Waals surface area contributed by atoms with Gasteiger partial charge in [0.2, 0.25) is 10.0 Å². The van der Waals surface area contributed by atoms with E-state index in [0.29, 0.717) is 11.7 Å². The molecule has 4 aliphatic rings. The van der Waals surface area contributed by atoms with Crippen molar-refractivity contribution in [3.63, 3.8) is 0 Å². The number of nitrogens with zero attached hydrogens (tertiary/aromatic N) is 3. The summed E-state index contributed by atoms with van der Waals surface area (Å²) in [7, 11) is -3.20. The lowest BCUT2D eigenvalue weighted by molar-refractivity contribution is 0.0164. The molecule has 4 fully saturated rings. The number of carbonyl (C=O) groups excluding carboxylic acids is 1. The first-order valence-electron chi connectivity index (χ1n) is 13.0. The second-order valence-corrected chi connectivity index (χ2v) is 13.8. The number of fused-ring (bicyclic) bond motifs is 2. The van der Waals surface area contributed by atoms with Crippen molar-refractivity contribution >= 4 is 16.1 Å². The van der Waals surface area contributed by atoms with Gasteiger partial charge in [0, 0.05) is 37.8 Å². The number of nitrogens with two attached hydrogens (primary N) is 1. The Kier molecular flexibility index (Phi) is 7.63. The van der Waals surface area contributed by atoms with Gasteiger partial charge in [-0.25, -0.2) is 13.2 Å². The minimum absolute atomic E-state index is 0.135. The smallest absolute Gasteiger partial charge is 0.410 e. The SMILES string of the molecule is CC(C)(C)OC(=O)N1CCC(CN2CCC(CS(=O)(=O)N3C4CCC3CC(N)C4)CC2)CC1. The molecule has 2 atom stereocenters. The maximum atomic E-state index is 13.2. The van der Waals surface area contributed by atoms with Gasteiger partial charge < -0.3 is 20.3 Å². The van der Waals surface area contributed by atoms with Gasteiger partial charge in [-0.05, 0) is 97.1 Å². The molecule has 0 radical (unpaired) electrons. The van der Waals surface area contributed by atoms with E-state index < -0.39 is 15.6 Å². The predicted molar refractivity (Wildman–Crippen MR) is 129 cm³/mol.